The smallest absolute Gasteiger partial charge is 0.332 e. The quantitative estimate of drug-likeness (QED) is 0.602. The summed E-state index contributed by atoms with van der Waals surface area (Å²) in [6.07, 6.45) is -1.40. The van der Waals surface area contributed by atoms with E-state index in [1.807, 2.05) is 0 Å². The Balaban J connectivity index is 2.35. The van der Waals surface area contributed by atoms with Crippen LogP contribution in [0.25, 0.3) is 0 Å². The van der Waals surface area contributed by atoms with Crippen molar-refractivity contribution in [1.29, 1.82) is 0 Å². The van der Waals surface area contributed by atoms with Crippen molar-refractivity contribution in [2.45, 2.75) is 18.8 Å². The fourth-order valence-electron chi connectivity index (χ4n) is 1.38. The zero-order valence-electron chi connectivity index (χ0n) is 6.62. The van der Waals surface area contributed by atoms with E-state index in [1.54, 1.807) is 6.20 Å². The van der Waals surface area contributed by atoms with Crippen LogP contribution in [0.5, 0.6) is 0 Å². The van der Waals surface area contributed by atoms with Gasteiger partial charge < -0.3 is 4.57 Å². The molecule has 1 atom stereocenters. The maximum Gasteiger partial charge on any atom is 0.412 e. The molecule has 1 aromatic heterocycles. The highest BCUT2D eigenvalue weighted by molar-refractivity contribution is 5.04. The third-order valence-electron chi connectivity index (χ3n) is 1.95. The molecule has 2 rings (SSSR count). The van der Waals surface area contributed by atoms with Gasteiger partial charge in [0.1, 0.15) is 5.82 Å². The molecular formula is C7H7F3N3. The second-order valence-corrected chi connectivity index (χ2v) is 2.83. The minimum Gasteiger partial charge on any atom is -0.332 e. The van der Waals surface area contributed by atoms with Crippen LogP contribution in [0.1, 0.15) is 11.9 Å². The van der Waals surface area contributed by atoms with Crippen molar-refractivity contribution in [1.82, 2.24) is 14.9 Å². The first-order chi connectivity index (χ1) is 6.09. The zero-order chi connectivity index (χ0) is 9.47. The number of alkyl halides is 3. The van der Waals surface area contributed by atoms with Crippen LogP contribution in [-0.4, -0.2) is 22.3 Å². The Kier molecular flexibility index (Phi) is 1.80. The van der Waals surface area contributed by atoms with Crippen molar-refractivity contribution in [3.8, 4) is 0 Å². The van der Waals surface area contributed by atoms with Crippen molar-refractivity contribution in [3.05, 3.63) is 18.2 Å². The van der Waals surface area contributed by atoms with Crippen LogP contribution < -0.4 is 5.32 Å². The average Bonchev–Trinajstić information content (AvgIpc) is 2.48. The van der Waals surface area contributed by atoms with E-state index in [-0.39, 0.29) is 12.4 Å². The van der Waals surface area contributed by atoms with Crippen molar-refractivity contribution in [2.75, 3.05) is 6.54 Å². The van der Waals surface area contributed by atoms with E-state index in [9.17, 15) is 13.2 Å². The maximum absolute atomic E-state index is 12.4. The highest BCUT2D eigenvalue weighted by Gasteiger charge is 2.45. The van der Waals surface area contributed by atoms with Gasteiger partial charge in [0.15, 0.2) is 6.04 Å². The average molecular weight is 190 g/mol. The first kappa shape index (κ1) is 8.55. The van der Waals surface area contributed by atoms with Gasteiger partial charge in [-0.1, -0.05) is 0 Å². The first-order valence-corrected chi connectivity index (χ1v) is 3.83. The summed E-state index contributed by atoms with van der Waals surface area (Å²) in [5, 5.41) is 3.51. The largest absolute Gasteiger partial charge is 0.412 e. The molecule has 0 spiro atoms. The Bertz CT molecular complexity index is 304. The molecule has 0 fully saturated rings. The van der Waals surface area contributed by atoms with E-state index >= 15 is 0 Å². The lowest BCUT2D eigenvalue weighted by molar-refractivity contribution is -0.163. The topological polar surface area (TPSA) is 31.9 Å². The molecule has 0 aliphatic carbocycles. The van der Waals surface area contributed by atoms with E-state index in [0.29, 0.717) is 6.54 Å². The molecule has 1 aliphatic rings. The van der Waals surface area contributed by atoms with E-state index in [4.69, 9.17) is 0 Å². The van der Waals surface area contributed by atoms with Gasteiger partial charge in [-0.25, -0.2) is 10.3 Å². The molecule has 6 heteroatoms. The monoisotopic (exact) mass is 190 g/mol. The minimum absolute atomic E-state index is 0.00116. The summed E-state index contributed by atoms with van der Waals surface area (Å²) in [5.74, 6) is -0.00116. The van der Waals surface area contributed by atoms with E-state index in [1.165, 1.54) is 10.8 Å². The lowest BCUT2D eigenvalue weighted by atomic mass is 10.2. The summed E-state index contributed by atoms with van der Waals surface area (Å²) < 4.78 is 38.5. The Hall–Kier alpha value is -1.04. The van der Waals surface area contributed by atoms with E-state index < -0.39 is 12.2 Å². The third-order valence-corrected chi connectivity index (χ3v) is 1.95. The highest BCUT2D eigenvalue weighted by Crippen LogP contribution is 2.33. The Morgan fingerprint density at radius 1 is 1.46 bits per heavy atom. The Morgan fingerprint density at radius 2 is 2.23 bits per heavy atom. The summed E-state index contributed by atoms with van der Waals surface area (Å²) in [4.78, 5) is 3.65. The predicted octanol–water partition coefficient (Wildman–Crippen LogP) is 1.10. The van der Waals surface area contributed by atoms with Crippen LogP contribution in [0.2, 0.25) is 0 Å². The van der Waals surface area contributed by atoms with Crippen LogP contribution in [0, 0.1) is 0 Å². The number of halogens is 3. The van der Waals surface area contributed by atoms with Gasteiger partial charge in [-0.15, -0.1) is 0 Å². The molecule has 1 radical (unpaired) electrons. The molecule has 1 aliphatic heterocycles. The first-order valence-electron chi connectivity index (χ1n) is 3.83. The maximum atomic E-state index is 12.4. The number of rotatable bonds is 0. The van der Waals surface area contributed by atoms with Gasteiger partial charge in [-0.3, -0.25) is 0 Å². The molecule has 13 heavy (non-hydrogen) atoms. The van der Waals surface area contributed by atoms with Gasteiger partial charge in [0, 0.05) is 25.5 Å². The van der Waals surface area contributed by atoms with Gasteiger partial charge in [-0.2, -0.15) is 13.2 Å². The summed E-state index contributed by atoms with van der Waals surface area (Å²) in [6, 6.07) is -1.74. The summed E-state index contributed by atoms with van der Waals surface area (Å²) >= 11 is 0. The van der Waals surface area contributed by atoms with Gasteiger partial charge >= 0.3 is 6.18 Å². The number of hydrogen-bond donors (Lipinski definition) is 0. The fourth-order valence-corrected chi connectivity index (χ4v) is 1.38. The number of aromatic nitrogens is 2. The van der Waals surface area contributed by atoms with Gasteiger partial charge in [0.05, 0.1) is 0 Å². The van der Waals surface area contributed by atoms with Crippen LogP contribution >= 0.6 is 0 Å². The molecular weight excluding hydrogens is 183 g/mol. The summed E-state index contributed by atoms with van der Waals surface area (Å²) in [6.45, 7) is 0.690. The molecule has 1 unspecified atom stereocenters. The lowest BCUT2D eigenvalue weighted by Gasteiger charge is -2.24. The van der Waals surface area contributed by atoms with Crippen molar-refractivity contribution in [3.63, 3.8) is 0 Å². The number of fused-ring (bicyclic) bond motifs is 1. The second kappa shape index (κ2) is 2.73. The highest BCUT2D eigenvalue weighted by atomic mass is 19.4. The Morgan fingerprint density at radius 3 is 2.92 bits per heavy atom. The van der Waals surface area contributed by atoms with Crippen molar-refractivity contribution in [2.24, 2.45) is 0 Å². The number of imidazole rings is 1. The molecule has 2 heterocycles. The van der Waals surface area contributed by atoms with Gasteiger partial charge in [-0.05, 0) is 0 Å². The molecule has 0 bridgehead atoms. The SMILES string of the molecule is FC(F)(F)C1[N]CCn2ccnc21. The lowest BCUT2D eigenvalue weighted by Crippen LogP contribution is -2.37. The molecule has 0 N–H and O–H groups in total. The molecule has 0 aromatic carbocycles. The third kappa shape index (κ3) is 1.41. The van der Waals surface area contributed by atoms with Gasteiger partial charge in [0.2, 0.25) is 0 Å². The van der Waals surface area contributed by atoms with Gasteiger partial charge in [0.25, 0.3) is 0 Å². The van der Waals surface area contributed by atoms with Crippen molar-refractivity contribution < 1.29 is 13.2 Å². The standard InChI is InChI=1S/C7H7F3N3/c8-7(9,10)5-6-12-2-4-13(6)3-1-11-5/h2,4-5H,1,3H2. The number of hydrogen-bond acceptors (Lipinski definition) is 1. The fraction of sp³-hybridized carbons (Fsp3) is 0.571. The molecule has 71 valence electrons. The van der Waals surface area contributed by atoms with E-state index in [0.717, 1.165) is 0 Å². The normalized spacial score (nSPS) is 22.8. The molecule has 0 saturated heterocycles. The van der Waals surface area contributed by atoms with E-state index in [2.05, 4.69) is 10.3 Å². The Labute approximate surface area is 72.6 Å². The molecule has 0 saturated carbocycles. The zero-order valence-corrected chi connectivity index (χ0v) is 6.62. The molecule has 0 amide bonds. The van der Waals surface area contributed by atoms with Crippen molar-refractivity contribution >= 4 is 0 Å². The van der Waals surface area contributed by atoms with Crippen LogP contribution in [-0.2, 0) is 6.54 Å². The van der Waals surface area contributed by atoms with Crippen LogP contribution in [0.15, 0.2) is 12.4 Å². The molecule has 1 aromatic rings. The number of nitrogens with zero attached hydrogens (tertiary/aromatic N) is 3. The summed E-state index contributed by atoms with van der Waals surface area (Å²) in [7, 11) is 0. The second-order valence-electron chi connectivity index (χ2n) is 2.83. The molecule has 3 nitrogen and oxygen atoms in total. The predicted molar refractivity (Wildman–Crippen MR) is 38.0 cm³/mol. The van der Waals surface area contributed by atoms with Crippen LogP contribution in [0.4, 0.5) is 13.2 Å². The van der Waals surface area contributed by atoms with Crippen LogP contribution in [0.3, 0.4) is 0 Å². The minimum atomic E-state index is -4.32. The summed E-state index contributed by atoms with van der Waals surface area (Å²) in [5.41, 5.74) is 0.